The predicted molar refractivity (Wildman–Crippen MR) is 149 cm³/mol. The van der Waals surface area contributed by atoms with Crippen LogP contribution in [0.15, 0.2) is 58.4 Å². The van der Waals surface area contributed by atoms with E-state index in [4.69, 9.17) is 22.3 Å². The maximum atomic E-state index is 14.3. The molecule has 2 saturated heterocycles. The Labute approximate surface area is 227 Å². The molecule has 5 rings (SSSR count). The van der Waals surface area contributed by atoms with E-state index in [-0.39, 0.29) is 47.1 Å². The summed E-state index contributed by atoms with van der Waals surface area (Å²) in [5, 5.41) is 8.91. The molecule has 0 radical (unpaired) electrons. The number of hydrogen-bond donors (Lipinski definition) is 1. The minimum absolute atomic E-state index is 0.0743. The zero-order valence-electron chi connectivity index (χ0n) is 20.2. The molecule has 0 spiro atoms. The van der Waals surface area contributed by atoms with Gasteiger partial charge in [0.05, 0.1) is 16.2 Å². The summed E-state index contributed by atoms with van der Waals surface area (Å²) in [7, 11) is 0. The quantitative estimate of drug-likeness (QED) is 0.349. The van der Waals surface area contributed by atoms with E-state index in [1.54, 1.807) is 42.6 Å². The van der Waals surface area contributed by atoms with Gasteiger partial charge in [0.1, 0.15) is 21.6 Å². The van der Waals surface area contributed by atoms with Crippen LogP contribution in [0.25, 0.3) is 11.7 Å². The molecular formula is C26H24FN5O4S2. The van der Waals surface area contributed by atoms with E-state index in [9.17, 15) is 18.8 Å². The molecule has 2 aliphatic rings. The highest BCUT2D eigenvalue weighted by molar-refractivity contribution is 8.26. The average molecular weight is 554 g/mol. The van der Waals surface area contributed by atoms with Crippen LogP contribution in [0.1, 0.15) is 18.4 Å². The number of carboxylic acid groups (broad SMARTS) is 1. The van der Waals surface area contributed by atoms with Crippen LogP contribution in [-0.2, 0) is 9.59 Å². The maximum Gasteiger partial charge on any atom is 0.303 e. The number of carboxylic acids is 1. The molecule has 9 nitrogen and oxygen atoms in total. The van der Waals surface area contributed by atoms with Gasteiger partial charge in [0.25, 0.3) is 11.5 Å². The van der Waals surface area contributed by atoms with Crippen molar-refractivity contribution in [2.24, 2.45) is 0 Å². The van der Waals surface area contributed by atoms with Crippen LogP contribution in [0.4, 0.5) is 15.9 Å². The summed E-state index contributed by atoms with van der Waals surface area (Å²) in [6, 6.07) is 11.9. The SMILES string of the molecule is O=C(O)CCCN1C(=O)/C(=C\c2c(N3CCN(c4ccccc4F)CC3)nc3ccccn3c2=O)SC1=S. The molecule has 3 aromatic rings. The normalized spacial score (nSPS) is 17.2. The minimum atomic E-state index is -0.944. The summed E-state index contributed by atoms with van der Waals surface area (Å²) in [5.41, 5.74) is 0.949. The van der Waals surface area contributed by atoms with Gasteiger partial charge < -0.3 is 14.9 Å². The number of para-hydroxylation sites is 1. The Morgan fingerprint density at radius 2 is 1.79 bits per heavy atom. The molecule has 4 heterocycles. The number of anilines is 2. The number of amides is 1. The standard InChI is InChI=1S/C26H24FN5O4S2/c27-18-6-1-2-7-19(18)29-12-14-30(15-13-29)23-17(24(35)31-10-4-3-8-21(31)28-23)16-20-25(36)32(26(37)38-20)11-5-9-22(33)34/h1-4,6-8,10,16H,5,9,11-15H2,(H,33,34)/b20-16+. The van der Waals surface area contributed by atoms with E-state index in [1.165, 1.54) is 21.4 Å². The van der Waals surface area contributed by atoms with Crippen LogP contribution in [0, 0.1) is 5.82 Å². The van der Waals surface area contributed by atoms with Gasteiger partial charge in [-0.1, -0.05) is 42.2 Å². The molecule has 1 amide bonds. The number of rotatable bonds is 7. The molecule has 2 aliphatic heterocycles. The Kier molecular flexibility index (Phi) is 7.43. The van der Waals surface area contributed by atoms with Crippen molar-refractivity contribution >= 4 is 63.4 Å². The lowest BCUT2D eigenvalue weighted by molar-refractivity contribution is -0.137. The van der Waals surface area contributed by atoms with Crippen molar-refractivity contribution in [3.8, 4) is 0 Å². The second-order valence-electron chi connectivity index (χ2n) is 8.84. The number of halogens is 1. The average Bonchev–Trinajstić information content (AvgIpc) is 3.18. The molecule has 2 fully saturated rings. The number of thioether (sulfide) groups is 1. The van der Waals surface area contributed by atoms with Crippen molar-refractivity contribution in [1.82, 2.24) is 14.3 Å². The lowest BCUT2D eigenvalue weighted by Gasteiger charge is -2.37. The van der Waals surface area contributed by atoms with Gasteiger partial charge in [-0.05, 0) is 36.8 Å². The van der Waals surface area contributed by atoms with Gasteiger partial charge in [-0.15, -0.1) is 0 Å². The second-order valence-corrected chi connectivity index (χ2v) is 10.5. The molecule has 38 heavy (non-hydrogen) atoms. The van der Waals surface area contributed by atoms with E-state index in [2.05, 4.69) is 0 Å². The molecule has 1 aromatic carbocycles. The first-order valence-corrected chi connectivity index (χ1v) is 13.3. The van der Waals surface area contributed by atoms with Gasteiger partial charge >= 0.3 is 5.97 Å². The molecule has 0 bridgehead atoms. The highest BCUT2D eigenvalue weighted by Crippen LogP contribution is 2.34. The van der Waals surface area contributed by atoms with Crippen molar-refractivity contribution in [1.29, 1.82) is 0 Å². The molecule has 196 valence electrons. The Balaban J connectivity index is 1.46. The lowest BCUT2D eigenvalue weighted by atomic mass is 10.2. The van der Waals surface area contributed by atoms with E-state index in [0.29, 0.717) is 47.7 Å². The summed E-state index contributed by atoms with van der Waals surface area (Å²) >= 11 is 6.44. The number of fused-ring (bicyclic) bond motifs is 1. The largest absolute Gasteiger partial charge is 0.481 e. The first-order chi connectivity index (χ1) is 18.3. The molecule has 1 N–H and O–H groups in total. The Hall–Kier alpha value is -3.77. The Bertz CT molecular complexity index is 1520. The fourth-order valence-corrected chi connectivity index (χ4v) is 5.83. The molecule has 0 saturated carbocycles. The third kappa shape index (κ3) is 5.14. The Morgan fingerprint density at radius 3 is 2.53 bits per heavy atom. The number of carbonyl (C=O) groups is 2. The van der Waals surface area contributed by atoms with Gasteiger partial charge in [-0.2, -0.15) is 0 Å². The number of benzene rings is 1. The van der Waals surface area contributed by atoms with Crippen LogP contribution in [0.2, 0.25) is 0 Å². The number of nitrogens with zero attached hydrogens (tertiary/aromatic N) is 5. The van der Waals surface area contributed by atoms with E-state index < -0.39 is 5.97 Å². The fraction of sp³-hybridized carbons (Fsp3) is 0.269. The molecule has 0 aliphatic carbocycles. The van der Waals surface area contributed by atoms with Gasteiger partial charge in [0.15, 0.2) is 0 Å². The van der Waals surface area contributed by atoms with Gasteiger partial charge in [-0.25, -0.2) is 9.37 Å². The number of aromatic nitrogens is 2. The first kappa shape index (κ1) is 25.9. The number of thiocarbonyl (C=S) groups is 1. The van der Waals surface area contributed by atoms with Gasteiger partial charge in [-0.3, -0.25) is 23.7 Å². The minimum Gasteiger partial charge on any atom is -0.481 e. The predicted octanol–water partition coefficient (Wildman–Crippen LogP) is 3.23. The number of carbonyl (C=O) groups excluding carboxylic acids is 1. The van der Waals surface area contributed by atoms with Crippen molar-refractivity contribution in [3.63, 3.8) is 0 Å². The van der Waals surface area contributed by atoms with Crippen LogP contribution in [-0.4, -0.2) is 68.3 Å². The molecule has 0 unspecified atom stereocenters. The van der Waals surface area contributed by atoms with E-state index in [1.807, 2.05) is 9.80 Å². The van der Waals surface area contributed by atoms with Crippen LogP contribution in [0.5, 0.6) is 0 Å². The van der Waals surface area contributed by atoms with Crippen LogP contribution >= 0.6 is 24.0 Å². The molecule has 0 atom stereocenters. The second kappa shape index (κ2) is 10.9. The Morgan fingerprint density at radius 1 is 1.08 bits per heavy atom. The van der Waals surface area contributed by atoms with Crippen molar-refractivity contribution in [3.05, 3.63) is 75.3 Å². The summed E-state index contributed by atoms with van der Waals surface area (Å²) < 4.78 is 16.1. The zero-order valence-corrected chi connectivity index (χ0v) is 21.9. The van der Waals surface area contributed by atoms with Gasteiger partial charge in [0.2, 0.25) is 0 Å². The summed E-state index contributed by atoms with van der Waals surface area (Å²) in [4.78, 5) is 47.9. The highest BCUT2D eigenvalue weighted by Gasteiger charge is 2.33. The fourth-order valence-electron chi connectivity index (χ4n) is 4.54. The van der Waals surface area contributed by atoms with Crippen molar-refractivity contribution in [2.45, 2.75) is 12.8 Å². The monoisotopic (exact) mass is 553 g/mol. The summed E-state index contributed by atoms with van der Waals surface area (Å²) in [6.45, 7) is 2.25. The first-order valence-electron chi connectivity index (χ1n) is 12.1. The molecular weight excluding hydrogens is 529 g/mol. The van der Waals surface area contributed by atoms with E-state index in [0.717, 1.165) is 11.8 Å². The van der Waals surface area contributed by atoms with E-state index >= 15 is 0 Å². The van der Waals surface area contributed by atoms with Crippen LogP contribution in [0.3, 0.4) is 0 Å². The van der Waals surface area contributed by atoms with Crippen molar-refractivity contribution in [2.75, 3.05) is 42.5 Å². The molecule has 12 heteroatoms. The highest BCUT2D eigenvalue weighted by atomic mass is 32.2. The lowest BCUT2D eigenvalue weighted by Crippen LogP contribution is -2.47. The zero-order chi connectivity index (χ0) is 26.8. The number of aliphatic carboxylic acids is 1. The summed E-state index contributed by atoms with van der Waals surface area (Å²) in [5.74, 6) is -1.14. The summed E-state index contributed by atoms with van der Waals surface area (Å²) in [6.07, 6.45) is 3.35. The van der Waals surface area contributed by atoms with Crippen molar-refractivity contribution < 1.29 is 19.1 Å². The maximum absolute atomic E-state index is 14.3. The number of piperazine rings is 1. The smallest absolute Gasteiger partial charge is 0.303 e. The number of pyridine rings is 1. The molecule has 2 aromatic heterocycles. The topological polar surface area (TPSA) is 98.5 Å². The third-order valence-electron chi connectivity index (χ3n) is 6.44. The van der Waals surface area contributed by atoms with Gasteiger partial charge in [0, 0.05) is 45.3 Å². The third-order valence-corrected chi connectivity index (χ3v) is 7.82. The number of hydrogen-bond acceptors (Lipinski definition) is 8. The van der Waals surface area contributed by atoms with Crippen LogP contribution < -0.4 is 15.4 Å².